The molecule has 8 heterocycles. The SMILES string of the molecule is CCC(CCC(C)(C)NC(=O)OCCSSC[C@H](NC(=O)[C@H](CC(=O)NCCS(=O)(=O)O)NC(=O)CC[C@H](NC(=O)c1ccc(NCc2cnc3nc(N)[nH]c(=O)c3n2)cc1)C(=O)O)C(=O)O)NC(=O)C(CCCNC(=O)CC[C@@H]1c2nc(cc3[nH]c(cc4nc(cc5[nH]c6c(c5C)C(=O)C(C(=O)OC)c26)[C@H](CC)[C@H]4C)c(C)c3C)[C@H]1C)NC(=O)CCNC(=N)c1ccc(-c2cc3ccc(C(=N)N)cc3[nH]2)cc1. The van der Waals surface area contributed by atoms with E-state index in [1.54, 1.807) is 38.1 Å². The van der Waals surface area contributed by atoms with Crippen molar-refractivity contribution in [1.82, 2.24) is 92.7 Å². The van der Waals surface area contributed by atoms with Crippen LogP contribution in [0.5, 0.6) is 0 Å². The number of hydrogen-bond acceptors (Lipinski definition) is 28. The highest BCUT2D eigenvalue weighted by Gasteiger charge is 2.46. The van der Waals surface area contributed by atoms with Crippen LogP contribution in [0.4, 0.5) is 16.4 Å². The number of aromatic nitrogens is 9. The molecule has 760 valence electrons. The number of anilines is 2. The van der Waals surface area contributed by atoms with Gasteiger partial charge in [0, 0.05) is 169 Å². The number of Topliss-reactive ketones (excluding diaryl/α,β-unsaturated/α-hetero) is 1. The standard InChI is InChI=1S/C97H119N23O20S3/c1-11-57(29-31-97(8,9)120-96(135)140-35-36-141-142-46-73(93(132)133)117-90(128)72(43-77(124)103-34-37-143(136,137)138)113-75(122)28-26-63(92(130)131)116-88(126)54-21-23-58(24-22-54)105-44-59-45-106-87-83(107-59)91(129)119-95(101)118-87)108-89(127)62(112-76(123)30-33-104-86(100)53-17-15-52(16-18-53)69-38-55-19-20-56(85(98)99)39-70(55)111-69)14-13-32-102-74(121)27-25-61-50(6)67-41-65-48(4)47(3)64(109-65)40-66-49(5)60(12-2)71(110-66)42-68-51(7)78-82(115-68)79(81(61)114-67)80(84(78)125)94(134)139-10/h15-24,38-42,45,49-50,57,60-63,72-73,80,105,109,111,115H,11-14,25-37,43-44,46H2,1-10H3,(H3,98,99)(H2,100,104)(H,102,121)(H,103,124)(H,108,127)(H,112,123)(H,113,122)(H,116,126)(H,117,128)(H,120,135)(H,130,131)(H,132,133)(H,136,137,138)(H3,101,106,118,119,129)/t49-,50+,57?,60-,61+,62?,63+,72+,73+,80?/m1/s1. The Balaban J connectivity index is 0.635. The second kappa shape index (κ2) is 47.7. The van der Waals surface area contributed by atoms with Crippen LogP contribution < -0.4 is 70.2 Å². The number of amidine groups is 2. The fourth-order valence-corrected chi connectivity index (χ4v) is 19.7. The third kappa shape index (κ3) is 27.8. The van der Waals surface area contributed by atoms with E-state index in [9.17, 15) is 85.5 Å². The second-order valence-electron chi connectivity index (χ2n) is 36.1. The number of H-pyrrole nitrogens is 4. The Morgan fingerprint density at radius 3 is 1.97 bits per heavy atom. The largest absolute Gasteiger partial charge is 0.480 e. The summed E-state index contributed by atoms with van der Waals surface area (Å²) in [4.78, 5) is 212. The van der Waals surface area contributed by atoms with Crippen molar-refractivity contribution >= 4 is 170 Å². The van der Waals surface area contributed by atoms with Crippen molar-refractivity contribution < 1.29 is 90.2 Å². The number of benzene rings is 3. The summed E-state index contributed by atoms with van der Waals surface area (Å²) in [5.41, 5.74) is 23.5. The Labute approximate surface area is 829 Å². The number of carboxylic acid groups (broad SMARTS) is 2. The van der Waals surface area contributed by atoms with Crippen LogP contribution in [0.25, 0.3) is 55.4 Å². The van der Waals surface area contributed by atoms with E-state index in [0.29, 0.717) is 80.9 Å². The third-order valence-corrected chi connectivity index (χ3v) is 28.7. The molecule has 143 heavy (non-hydrogen) atoms. The highest BCUT2D eigenvalue weighted by Crippen LogP contribution is 2.49. The lowest BCUT2D eigenvalue weighted by Crippen LogP contribution is -2.54. The van der Waals surface area contributed by atoms with E-state index in [-0.39, 0.29) is 128 Å². The minimum atomic E-state index is -4.56. The molecule has 23 N–H and O–H groups in total. The number of methoxy groups -OCH3 is 1. The summed E-state index contributed by atoms with van der Waals surface area (Å²) in [6.45, 7) is 17.0. The Bertz CT molecular complexity index is 6760. The van der Waals surface area contributed by atoms with Crippen molar-refractivity contribution in [2.45, 2.75) is 211 Å². The van der Waals surface area contributed by atoms with Crippen LogP contribution in [0.15, 0.2) is 102 Å². The molecule has 3 aromatic carbocycles. The number of amides is 8. The van der Waals surface area contributed by atoms with Gasteiger partial charge in [0.15, 0.2) is 16.9 Å². The van der Waals surface area contributed by atoms with Gasteiger partial charge in [-0.15, -0.1) is 0 Å². The first-order valence-corrected chi connectivity index (χ1v) is 50.8. The number of aromatic amines is 4. The smallest absolute Gasteiger partial charge is 0.407 e. The highest BCUT2D eigenvalue weighted by atomic mass is 33.1. The molecule has 10 atom stereocenters. The molecule has 46 heteroatoms. The number of nitrogens with one attached hydrogen (secondary N) is 16. The first kappa shape index (κ1) is 107. The van der Waals surface area contributed by atoms with Gasteiger partial charge in [-0.25, -0.2) is 24.4 Å². The van der Waals surface area contributed by atoms with Crippen molar-refractivity contribution in [2.75, 3.05) is 61.7 Å². The summed E-state index contributed by atoms with van der Waals surface area (Å²) >= 11 is 0. The number of nitrogens with zero attached hydrogens (tertiary/aromatic N) is 5. The quantitative estimate of drug-likeness (QED) is 0.00324. The number of esters is 1. The number of hydrogen-bond donors (Lipinski definition) is 21. The molecular weight excluding hydrogens is 1900 g/mol. The molecular formula is C97H119N23O20S3. The molecule has 0 radical (unpaired) electrons. The van der Waals surface area contributed by atoms with Crippen LogP contribution in [0, 0.1) is 31.6 Å². The zero-order valence-corrected chi connectivity index (χ0v) is 83.0. The van der Waals surface area contributed by atoms with Gasteiger partial charge in [-0.1, -0.05) is 85.7 Å². The van der Waals surface area contributed by atoms with Crippen molar-refractivity contribution in [3.05, 3.63) is 181 Å². The maximum atomic E-state index is 14.8. The molecule has 2 aliphatic heterocycles. The predicted molar refractivity (Wildman–Crippen MR) is 539 cm³/mol. The minimum absolute atomic E-state index is 0.00741. The molecule has 3 aliphatic rings. The fraction of sp³-hybridized carbons (Fsp3) is 0.423. The monoisotopic (exact) mass is 2020 g/mol. The number of alkyl carbamates (subject to hydrolysis) is 1. The van der Waals surface area contributed by atoms with Crippen molar-refractivity contribution in [3.63, 3.8) is 0 Å². The topological polar surface area (TPSA) is 683 Å². The lowest BCUT2D eigenvalue weighted by atomic mass is 9.84. The Morgan fingerprint density at radius 1 is 0.636 bits per heavy atom. The van der Waals surface area contributed by atoms with Gasteiger partial charge in [0.05, 0.1) is 48.9 Å². The number of carboxylic acids is 2. The van der Waals surface area contributed by atoms with Gasteiger partial charge in [-0.2, -0.15) is 13.4 Å². The van der Waals surface area contributed by atoms with E-state index < -0.39 is 160 Å². The van der Waals surface area contributed by atoms with Crippen LogP contribution in [0.3, 0.4) is 0 Å². The maximum Gasteiger partial charge on any atom is 0.407 e. The second-order valence-corrected chi connectivity index (χ2v) is 40.3. The Hall–Kier alpha value is -14.7. The van der Waals surface area contributed by atoms with Gasteiger partial charge in [0.1, 0.15) is 48.4 Å². The van der Waals surface area contributed by atoms with Gasteiger partial charge in [-0.3, -0.25) is 78.3 Å². The Kier molecular flexibility index (Phi) is 35.8. The molecule has 0 spiro atoms. The summed E-state index contributed by atoms with van der Waals surface area (Å²) in [6, 6.07) is 19.7. The molecule has 0 saturated carbocycles. The highest BCUT2D eigenvalue weighted by molar-refractivity contribution is 8.76. The molecule has 8 bridgehead atoms. The normalized spacial score (nSPS) is 15.9. The van der Waals surface area contributed by atoms with Gasteiger partial charge in [0.2, 0.25) is 41.4 Å². The number of ether oxygens (including phenoxy) is 2. The lowest BCUT2D eigenvalue weighted by molar-refractivity contribution is -0.142. The summed E-state index contributed by atoms with van der Waals surface area (Å²) in [6.07, 6.45) is 0.668. The van der Waals surface area contributed by atoms with Crippen molar-refractivity contribution in [3.8, 4) is 11.3 Å². The summed E-state index contributed by atoms with van der Waals surface area (Å²) < 4.78 is 42.8. The van der Waals surface area contributed by atoms with E-state index in [0.717, 1.165) is 83.7 Å². The Morgan fingerprint density at radius 2 is 1.29 bits per heavy atom. The number of nitrogens with two attached hydrogens (primary N) is 2. The van der Waals surface area contributed by atoms with E-state index in [2.05, 4.69) is 115 Å². The van der Waals surface area contributed by atoms with E-state index in [1.165, 1.54) is 37.6 Å². The molecule has 43 nitrogen and oxygen atoms in total. The van der Waals surface area contributed by atoms with Crippen LogP contribution in [0.2, 0.25) is 0 Å². The average molecular weight is 2020 g/mol. The third-order valence-electron chi connectivity index (χ3n) is 25.6. The van der Waals surface area contributed by atoms with Gasteiger partial charge < -0.3 is 99.3 Å². The minimum Gasteiger partial charge on any atom is -0.480 e. The van der Waals surface area contributed by atoms with Gasteiger partial charge >= 0.3 is 24.0 Å². The number of fused-ring (bicyclic) bond motifs is 10. The number of carbonyl (C=O) groups is 12. The maximum absolute atomic E-state index is 14.8. The number of ketones is 1. The van der Waals surface area contributed by atoms with Crippen molar-refractivity contribution in [2.24, 2.45) is 5.73 Å². The van der Waals surface area contributed by atoms with Crippen molar-refractivity contribution in [1.29, 1.82) is 10.8 Å². The van der Waals surface area contributed by atoms with E-state index in [1.807, 2.05) is 64.1 Å². The average Bonchev–Trinajstić information content (AvgIpc) is 1.56. The molecule has 12 rings (SSSR count). The zero-order valence-electron chi connectivity index (χ0n) is 80.6. The van der Waals surface area contributed by atoms with Crippen LogP contribution in [0.1, 0.15) is 231 Å². The fourth-order valence-electron chi connectivity index (χ4n) is 17.3. The zero-order chi connectivity index (χ0) is 104. The number of rotatable bonds is 47. The number of aryl methyl sites for hydroxylation is 3. The van der Waals surface area contributed by atoms with E-state index >= 15 is 0 Å². The number of nitrogen functional groups attached to an aromatic ring is 2. The molecule has 9 aromatic rings. The molecule has 8 amide bonds. The van der Waals surface area contributed by atoms with Crippen LogP contribution in [-0.4, -0.2) is 237 Å². The summed E-state index contributed by atoms with van der Waals surface area (Å²) in [5, 5.41) is 64.8. The molecule has 6 aromatic heterocycles. The lowest BCUT2D eigenvalue weighted by Gasteiger charge is -2.29. The number of aliphatic carboxylic acids is 2. The predicted octanol–water partition coefficient (Wildman–Crippen LogP) is 8.37. The summed E-state index contributed by atoms with van der Waals surface area (Å²) in [5.74, 6) is -13.0. The molecule has 3 unspecified atom stereocenters. The first-order chi connectivity index (χ1) is 68.0. The summed E-state index contributed by atoms with van der Waals surface area (Å²) in [7, 11) is -1.31. The molecule has 0 saturated heterocycles. The van der Waals surface area contributed by atoms with Gasteiger partial charge in [-0.05, 0) is 163 Å². The van der Waals surface area contributed by atoms with Crippen LogP contribution >= 0.6 is 21.6 Å². The van der Waals surface area contributed by atoms with Gasteiger partial charge in [0.25, 0.3) is 21.6 Å². The molecule has 1 aliphatic carbocycles. The van der Waals surface area contributed by atoms with Crippen LogP contribution in [-0.2, 0) is 69.3 Å². The molecule has 0 fully saturated rings. The first-order valence-electron chi connectivity index (χ1n) is 46.7. The van der Waals surface area contributed by atoms with E-state index in [4.69, 9.17) is 41.7 Å². The number of carbonyl (C=O) groups excluding carboxylic acids is 10.